The fourth-order valence-corrected chi connectivity index (χ4v) is 2.76. The van der Waals surface area contributed by atoms with Crippen LogP contribution in [0.25, 0.3) is 0 Å². The molecule has 6 heteroatoms. The molecule has 0 bridgehead atoms. The fraction of sp³-hybridized carbons (Fsp3) is 0.538. The minimum atomic E-state index is -3.20. The van der Waals surface area contributed by atoms with Gasteiger partial charge in [-0.1, -0.05) is 6.07 Å². The van der Waals surface area contributed by atoms with Gasteiger partial charge in [0.15, 0.2) is 9.84 Å². The first-order chi connectivity index (χ1) is 9.00. The van der Waals surface area contributed by atoms with Crippen molar-refractivity contribution in [1.29, 1.82) is 0 Å². The second-order valence-electron chi connectivity index (χ2n) is 4.75. The molecule has 0 aromatic heterocycles. The highest BCUT2D eigenvalue weighted by atomic mass is 32.2. The molecule has 0 amide bonds. The molecule has 1 heterocycles. The minimum Gasteiger partial charge on any atom is -0.489 e. The summed E-state index contributed by atoms with van der Waals surface area (Å²) in [4.78, 5) is 0.287. The third kappa shape index (κ3) is 3.68. The molecule has 1 aliphatic heterocycles. The molecule has 2 N–H and O–H groups in total. The molecular weight excluding hydrogens is 266 g/mol. The molecule has 0 saturated carbocycles. The lowest BCUT2D eigenvalue weighted by atomic mass is 10.0. The summed E-state index contributed by atoms with van der Waals surface area (Å²) < 4.78 is 28.8. The molecule has 1 aromatic carbocycles. The number of hydrogen-bond donors (Lipinski definition) is 2. The molecule has 0 unspecified atom stereocenters. The van der Waals surface area contributed by atoms with Gasteiger partial charge in [0, 0.05) is 19.3 Å². The Kier molecular flexibility index (Phi) is 4.44. The van der Waals surface area contributed by atoms with E-state index in [1.165, 1.54) is 6.26 Å². The first-order valence-electron chi connectivity index (χ1n) is 6.32. The zero-order chi connectivity index (χ0) is 13.9. The molecule has 0 fully saturated rings. The van der Waals surface area contributed by atoms with Crippen LogP contribution in [0.4, 0.5) is 0 Å². The van der Waals surface area contributed by atoms with Crippen LogP contribution in [-0.2, 0) is 16.3 Å². The summed E-state index contributed by atoms with van der Waals surface area (Å²) in [6.45, 7) is 1.29. The van der Waals surface area contributed by atoms with Gasteiger partial charge in [0.05, 0.1) is 11.5 Å². The van der Waals surface area contributed by atoms with Crippen LogP contribution in [0.15, 0.2) is 23.1 Å². The highest BCUT2D eigenvalue weighted by molar-refractivity contribution is 7.90. The molecule has 1 aliphatic rings. The number of aryl methyl sites for hydroxylation is 1. The van der Waals surface area contributed by atoms with Crippen LogP contribution in [0.5, 0.6) is 5.75 Å². The average Bonchev–Trinajstić information content (AvgIpc) is 2.37. The Balaban J connectivity index is 2.10. The van der Waals surface area contributed by atoms with Crippen molar-refractivity contribution in [2.45, 2.75) is 23.8 Å². The van der Waals surface area contributed by atoms with E-state index < -0.39 is 9.84 Å². The van der Waals surface area contributed by atoms with Gasteiger partial charge in [-0.15, -0.1) is 0 Å². The molecule has 2 rings (SSSR count). The lowest BCUT2D eigenvalue weighted by Crippen LogP contribution is -2.35. The first-order valence-corrected chi connectivity index (χ1v) is 8.21. The van der Waals surface area contributed by atoms with Gasteiger partial charge < -0.3 is 15.2 Å². The van der Waals surface area contributed by atoms with Crippen molar-refractivity contribution in [3.63, 3.8) is 0 Å². The smallest absolute Gasteiger partial charge is 0.175 e. The number of rotatable bonds is 5. The van der Waals surface area contributed by atoms with Gasteiger partial charge in [0.2, 0.25) is 0 Å². The Morgan fingerprint density at radius 3 is 2.95 bits per heavy atom. The van der Waals surface area contributed by atoms with Crippen molar-refractivity contribution < 1.29 is 18.3 Å². The third-order valence-electron chi connectivity index (χ3n) is 3.16. The SMILES string of the molecule is CS(=O)(=O)c1ccc2c(c1)O[C@H](CNCCO)CC2. The van der Waals surface area contributed by atoms with Crippen LogP contribution in [0.1, 0.15) is 12.0 Å². The van der Waals surface area contributed by atoms with Gasteiger partial charge in [0.25, 0.3) is 0 Å². The van der Waals surface area contributed by atoms with Crippen molar-refractivity contribution in [2.75, 3.05) is 26.0 Å². The summed E-state index contributed by atoms with van der Waals surface area (Å²) in [6, 6.07) is 5.05. The van der Waals surface area contributed by atoms with Gasteiger partial charge >= 0.3 is 0 Å². The number of aliphatic hydroxyl groups excluding tert-OH is 1. The van der Waals surface area contributed by atoms with Gasteiger partial charge in [-0.25, -0.2) is 8.42 Å². The number of hydrogen-bond acceptors (Lipinski definition) is 5. The van der Waals surface area contributed by atoms with E-state index in [0.717, 1.165) is 18.4 Å². The summed E-state index contributed by atoms with van der Waals surface area (Å²) in [5, 5.41) is 11.8. The topological polar surface area (TPSA) is 75.6 Å². The summed E-state index contributed by atoms with van der Waals surface area (Å²) in [5.41, 5.74) is 1.05. The Labute approximate surface area is 113 Å². The highest BCUT2D eigenvalue weighted by Gasteiger charge is 2.21. The third-order valence-corrected chi connectivity index (χ3v) is 4.27. The van der Waals surface area contributed by atoms with E-state index in [2.05, 4.69) is 5.32 Å². The Hall–Kier alpha value is -1.11. The molecule has 1 aromatic rings. The van der Waals surface area contributed by atoms with E-state index >= 15 is 0 Å². The van der Waals surface area contributed by atoms with E-state index in [9.17, 15) is 8.42 Å². The summed E-state index contributed by atoms with van der Waals surface area (Å²) in [5.74, 6) is 0.657. The first kappa shape index (κ1) is 14.3. The van der Waals surface area contributed by atoms with E-state index in [1.54, 1.807) is 12.1 Å². The second-order valence-corrected chi connectivity index (χ2v) is 6.76. The van der Waals surface area contributed by atoms with Crippen molar-refractivity contribution in [2.24, 2.45) is 0 Å². The number of fused-ring (bicyclic) bond motifs is 1. The minimum absolute atomic E-state index is 0.0221. The number of benzene rings is 1. The maximum Gasteiger partial charge on any atom is 0.175 e. The zero-order valence-corrected chi connectivity index (χ0v) is 11.7. The standard InChI is InChI=1S/C13H19NO4S/c1-19(16,17)12-5-3-10-2-4-11(9-14-6-7-15)18-13(10)8-12/h3,5,8,11,14-15H,2,4,6-7,9H2,1H3/t11-/m0/s1. The van der Waals surface area contributed by atoms with Crippen LogP contribution < -0.4 is 10.1 Å². The molecular formula is C13H19NO4S. The Bertz CT molecular complexity index is 542. The van der Waals surface area contributed by atoms with E-state index in [1.807, 2.05) is 6.07 Å². The predicted molar refractivity (Wildman–Crippen MR) is 72.2 cm³/mol. The van der Waals surface area contributed by atoms with Crippen LogP contribution >= 0.6 is 0 Å². The molecule has 0 spiro atoms. The summed E-state index contributed by atoms with van der Waals surface area (Å²) in [7, 11) is -3.20. The van der Waals surface area contributed by atoms with Crippen LogP contribution in [0, 0.1) is 0 Å². The van der Waals surface area contributed by atoms with Gasteiger partial charge in [-0.3, -0.25) is 0 Å². The zero-order valence-electron chi connectivity index (χ0n) is 10.9. The molecule has 0 radical (unpaired) electrons. The maximum absolute atomic E-state index is 11.5. The fourth-order valence-electron chi connectivity index (χ4n) is 2.12. The molecule has 5 nitrogen and oxygen atoms in total. The molecule has 0 aliphatic carbocycles. The molecule has 0 saturated heterocycles. The van der Waals surface area contributed by atoms with Gasteiger partial charge in [0.1, 0.15) is 11.9 Å². The van der Waals surface area contributed by atoms with E-state index in [0.29, 0.717) is 18.8 Å². The van der Waals surface area contributed by atoms with Crippen molar-refractivity contribution in [3.05, 3.63) is 23.8 Å². The van der Waals surface area contributed by atoms with Crippen LogP contribution in [-0.4, -0.2) is 45.6 Å². The van der Waals surface area contributed by atoms with E-state index in [4.69, 9.17) is 9.84 Å². The average molecular weight is 285 g/mol. The van der Waals surface area contributed by atoms with Crippen LogP contribution in [0.2, 0.25) is 0 Å². The normalized spacial score (nSPS) is 18.7. The molecule has 19 heavy (non-hydrogen) atoms. The van der Waals surface area contributed by atoms with Crippen LogP contribution in [0.3, 0.4) is 0 Å². The predicted octanol–water partition coefficient (Wildman–Crippen LogP) is 0.366. The lowest BCUT2D eigenvalue weighted by molar-refractivity contribution is 0.167. The quantitative estimate of drug-likeness (QED) is 0.764. The molecule has 1 atom stereocenters. The lowest BCUT2D eigenvalue weighted by Gasteiger charge is -2.26. The largest absolute Gasteiger partial charge is 0.489 e. The van der Waals surface area contributed by atoms with Gasteiger partial charge in [-0.2, -0.15) is 0 Å². The number of nitrogens with one attached hydrogen (secondary N) is 1. The maximum atomic E-state index is 11.5. The Morgan fingerprint density at radius 1 is 1.47 bits per heavy atom. The highest BCUT2D eigenvalue weighted by Crippen LogP contribution is 2.29. The second kappa shape index (κ2) is 5.90. The summed E-state index contributed by atoms with van der Waals surface area (Å²) in [6.07, 6.45) is 2.99. The van der Waals surface area contributed by atoms with Crippen molar-refractivity contribution >= 4 is 9.84 Å². The van der Waals surface area contributed by atoms with Crippen molar-refractivity contribution in [1.82, 2.24) is 5.32 Å². The molecule has 106 valence electrons. The van der Waals surface area contributed by atoms with Gasteiger partial charge in [-0.05, 0) is 30.5 Å². The Morgan fingerprint density at radius 2 is 2.26 bits per heavy atom. The monoisotopic (exact) mass is 285 g/mol. The summed E-state index contributed by atoms with van der Waals surface area (Å²) >= 11 is 0. The number of aliphatic hydroxyl groups is 1. The van der Waals surface area contributed by atoms with Crippen molar-refractivity contribution in [3.8, 4) is 5.75 Å². The number of sulfone groups is 1. The number of ether oxygens (including phenoxy) is 1. The van der Waals surface area contributed by atoms with E-state index in [-0.39, 0.29) is 17.6 Å².